The van der Waals surface area contributed by atoms with Crippen LogP contribution in [0.3, 0.4) is 0 Å². The van der Waals surface area contributed by atoms with Gasteiger partial charge in [-0.1, -0.05) is 72.6 Å². The van der Waals surface area contributed by atoms with Crippen molar-refractivity contribution in [3.05, 3.63) is 22.3 Å². The van der Waals surface area contributed by atoms with E-state index in [4.69, 9.17) is 4.74 Å². The summed E-state index contributed by atoms with van der Waals surface area (Å²) in [6.45, 7) is 15.4. The molecule has 1 aliphatic heterocycles. The molecule has 3 atom stereocenters. The SMILES string of the molecule is Cc1c(O)c(C=O)c(C)c2c1CC[C@@](C)(CCC[C@H](C)CCC[C@H](C)CCCC(C)C)O2. The molecule has 0 saturated carbocycles. The van der Waals surface area contributed by atoms with E-state index < -0.39 is 0 Å². The van der Waals surface area contributed by atoms with Gasteiger partial charge in [-0.05, 0) is 69.8 Å². The molecule has 1 aromatic carbocycles. The first-order valence-corrected chi connectivity index (χ1v) is 13.1. The monoisotopic (exact) mass is 444 g/mol. The Bertz CT molecular complexity index is 752. The Labute approximate surface area is 197 Å². The summed E-state index contributed by atoms with van der Waals surface area (Å²) < 4.78 is 6.51. The second-order valence-electron chi connectivity index (χ2n) is 11.3. The minimum absolute atomic E-state index is 0.117. The molecule has 1 N–H and O–H groups in total. The van der Waals surface area contributed by atoms with E-state index in [-0.39, 0.29) is 11.4 Å². The highest BCUT2D eigenvalue weighted by atomic mass is 16.5. The zero-order valence-corrected chi connectivity index (χ0v) is 21.9. The Kier molecular flexibility index (Phi) is 10.1. The van der Waals surface area contributed by atoms with Crippen LogP contribution in [0.4, 0.5) is 0 Å². The number of phenolic OH excluding ortho intramolecular Hbond substituents is 1. The number of rotatable bonds is 13. The number of carbonyl (C=O) groups excluding carboxylic acids is 1. The highest BCUT2D eigenvalue weighted by Crippen LogP contribution is 2.44. The Hall–Kier alpha value is -1.51. The van der Waals surface area contributed by atoms with Crippen molar-refractivity contribution in [1.29, 1.82) is 0 Å². The minimum Gasteiger partial charge on any atom is -0.507 e. The van der Waals surface area contributed by atoms with E-state index in [2.05, 4.69) is 34.6 Å². The van der Waals surface area contributed by atoms with Crippen LogP contribution in [-0.4, -0.2) is 17.0 Å². The third kappa shape index (κ3) is 7.25. The van der Waals surface area contributed by atoms with Crippen LogP contribution >= 0.6 is 0 Å². The molecule has 2 rings (SSSR count). The van der Waals surface area contributed by atoms with Crippen LogP contribution in [0.1, 0.15) is 126 Å². The number of hydrogen-bond acceptors (Lipinski definition) is 3. The first-order chi connectivity index (χ1) is 15.1. The maximum absolute atomic E-state index is 11.5. The van der Waals surface area contributed by atoms with Crippen molar-refractivity contribution in [2.24, 2.45) is 17.8 Å². The zero-order valence-electron chi connectivity index (χ0n) is 21.9. The lowest BCUT2D eigenvalue weighted by Crippen LogP contribution is -2.37. The molecule has 0 radical (unpaired) electrons. The van der Waals surface area contributed by atoms with E-state index in [0.717, 1.165) is 65.7 Å². The van der Waals surface area contributed by atoms with Crippen LogP contribution in [0.5, 0.6) is 11.5 Å². The molecule has 3 heteroatoms. The number of hydrogen-bond donors (Lipinski definition) is 1. The lowest BCUT2D eigenvalue weighted by Gasteiger charge is -2.38. The van der Waals surface area contributed by atoms with Gasteiger partial charge < -0.3 is 9.84 Å². The normalized spacial score (nSPS) is 20.0. The van der Waals surface area contributed by atoms with Crippen LogP contribution in [0.15, 0.2) is 0 Å². The summed E-state index contributed by atoms with van der Waals surface area (Å²) in [5.74, 6) is 3.40. The minimum atomic E-state index is -0.189. The molecule has 1 aliphatic rings. The van der Waals surface area contributed by atoms with Crippen molar-refractivity contribution in [2.75, 3.05) is 0 Å². The van der Waals surface area contributed by atoms with Gasteiger partial charge in [-0.25, -0.2) is 0 Å². The second kappa shape index (κ2) is 12.1. The van der Waals surface area contributed by atoms with Crippen LogP contribution in [0.25, 0.3) is 0 Å². The third-order valence-corrected chi connectivity index (χ3v) is 7.73. The van der Waals surface area contributed by atoms with Crippen molar-refractivity contribution < 1.29 is 14.6 Å². The van der Waals surface area contributed by atoms with Gasteiger partial charge in [0.1, 0.15) is 17.1 Å². The van der Waals surface area contributed by atoms with E-state index in [1.165, 1.54) is 51.4 Å². The molecule has 0 aliphatic carbocycles. The summed E-state index contributed by atoms with van der Waals surface area (Å²) in [4.78, 5) is 11.5. The molecule has 1 heterocycles. The Balaban J connectivity index is 1.78. The summed E-state index contributed by atoms with van der Waals surface area (Å²) in [5.41, 5.74) is 2.82. The van der Waals surface area contributed by atoms with Crippen molar-refractivity contribution in [3.8, 4) is 11.5 Å². The summed E-state index contributed by atoms with van der Waals surface area (Å²) in [6.07, 6.45) is 14.2. The Morgan fingerprint density at radius 3 is 2.06 bits per heavy atom. The summed E-state index contributed by atoms with van der Waals surface area (Å²) in [7, 11) is 0. The van der Waals surface area contributed by atoms with Crippen molar-refractivity contribution in [3.63, 3.8) is 0 Å². The van der Waals surface area contributed by atoms with Crippen LogP contribution < -0.4 is 4.74 Å². The van der Waals surface area contributed by atoms with Gasteiger partial charge in [-0.3, -0.25) is 4.79 Å². The Morgan fingerprint density at radius 1 is 0.938 bits per heavy atom. The van der Waals surface area contributed by atoms with Gasteiger partial charge in [0.25, 0.3) is 0 Å². The summed E-state index contributed by atoms with van der Waals surface area (Å²) in [6, 6.07) is 0. The third-order valence-electron chi connectivity index (χ3n) is 7.73. The molecule has 3 nitrogen and oxygen atoms in total. The highest BCUT2D eigenvalue weighted by Gasteiger charge is 2.34. The van der Waals surface area contributed by atoms with Crippen LogP contribution in [0.2, 0.25) is 0 Å². The molecule has 0 amide bonds. The van der Waals surface area contributed by atoms with Gasteiger partial charge in [0, 0.05) is 11.1 Å². The number of fused-ring (bicyclic) bond motifs is 1. The fourth-order valence-corrected chi connectivity index (χ4v) is 5.29. The lowest BCUT2D eigenvalue weighted by atomic mass is 9.83. The summed E-state index contributed by atoms with van der Waals surface area (Å²) >= 11 is 0. The number of phenols is 1. The lowest BCUT2D eigenvalue weighted by molar-refractivity contribution is 0.0511. The fourth-order valence-electron chi connectivity index (χ4n) is 5.29. The maximum atomic E-state index is 11.5. The van der Waals surface area contributed by atoms with Gasteiger partial charge in [0.15, 0.2) is 6.29 Å². The van der Waals surface area contributed by atoms with Gasteiger partial charge in [-0.2, -0.15) is 0 Å². The predicted octanol–water partition coefficient (Wildman–Crippen LogP) is 8.34. The topological polar surface area (TPSA) is 46.5 Å². The predicted molar refractivity (Wildman–Crippen MR) is 135 cm³/mol. The first-order valence-electron chi connectivity index (χ1n) is 13.1. The first kappa shape index (κ1) is 26.7. The van der Waals surface area contributed by atoms with Gasteiger partial charge in [0.2, 0.25) is 0 Å². The van der Waals surface area contributed by atoms with Crippen LogP contribution in [-0.2, 0) is 6.42 Å². The van der Waals surface area contributed by atoms with Gasteiger partial charge in [0.05, 0.1) is 5.56 Å². The second-order valence-corrected chi connectivity index (χ2v) is 11.3. The Morgan fingerprint density at radius 2 is 1.50 bits per heavy atom. The van der Waals surface area contributed by atoms with E-state index in [9.17, 15) is 9.90 Å². The standard InChI is InChI=1S/C29H48O3/c1-20(2)11-8-12-21(3)13-9-14-22(4)15-10-17-29(7)18-16-25-23(5)27(31)26(19-30)24(6)28(25)32-29/h19-22,31H,8-18H2,1-7H3/t21-,22-,29-/m1/s1. The molecule has 0 saturated heterocycles. The number of ether oxygens (including phenoxy) is 1. The van der Waals surface area contributed by atoms with Gasteiger partial charge in [-0.15, -0.1) is 0 Å². The molecule has 0 aromatic heterocycles. The molecule has 0 spiro atoms. The average Bonchev–Trinajstić information content (AvgIpc) is 2.72. The number of aldehydes is 1. The molecular weight excluding hydrogens is 396 g/mol. The van der Waals surface area contributed by atoms with Crippen LogP contribution in [0, 0.1) is 31.6 Å². The molecular formula is C29H48O3. The van der Waals surface area contributed by atoms with E-state index in [1.54, 1.807) is 0 Å². The van der Waals surface area contributed by atoms with E-state index in [1.807, 2.05) is 13.8 Å². The van der Waals surface area contributed by atoms with Crippen molar-refractivity contribution >= 4 is 6.29 Å². The fraction of sp³-hybridized carbons (Fsp3) is 0.759. The molecule has 0 bridgehead atoms. The van der Waals surface area contributed by atoms with E-state index in [0.29, 0.717) is 5.56 Å². The van der Waals surface area contributed by atoms with Gasteiger partial charge >= 0.3 is 0 Å². The zero-order chi connectivity index (χ0) is 23.9. The van der Waals surface area contributed by atoms with Crippen molar-refractivity contribution in [2.45, 2.75) is 125 Å². The summed E-state index contributed by atoms with van der Waals surface area (Å²) in [5, 5.41) is 10.3. The molecule has 0 unspecified atom stereocenters. The smallest absolute Gasteiger partial charge is 0.154 e. The highest BCUT2D eigenvalue weighted by molar-refractivity contribution is 5.84. The average molecular weight is 445 g/mol. The number of aromatic hydroxyl groups is 1. The van der Waals surface area contributed by atoms with E-state index >= 15 is 0 Å². The number of carbonyl (C=O) groups is 1. The quantitative estimate of drug-likeness (QED) is 0.311. The maximum Gasteiger partial charge on any atom is 0.154 e. The molecule has 1 aromatic rings. The van der Waals surface area contributed by atoms with Crippen molar-refractivity contribution in [1.82, 2.24) is 0 Å². The number of benzene rings is 1. The largest absolute Gasteiger partial charge is 0.507 e. The molecule has 0 fully saturated rings. The molecule has 32 heavy (non-hydrogen) atoms. The molecule has 182 valence electrons.